The molecule has 4 heteroatoms. The fraction of sp³-hybridized carbons (Fsp3) is 0.188. The molecule has 0 heterocycles. The maximum Gasteiger partial charge on any atom is 0.257 e. The summed E-state index contributed by atoms with van der Waals surface area (Å²) < 4.78 is 0. The molecule has 0 fully saturated rings. The Kier molecular flexibility index (Phi) is 3.36. The van der Waals surface area contributed by atoms with Gasteiger partial charge < -0.3 is 11.1 Å². The van der Waals surface area contributed by atoms with Gasteiger partial charge in [-0.05, 0) is 60.7 Å². The van der Waals surface area contributed by atoms with Crippen LogP contribution in [0.2, 0.25) is 5.02 Å². The highest BCUT2D eigenvalue weighted by Crippen LogP contribution is 2.26. The topological polar surface area (TPSA) is 55.1 Å². The predicted octanol–water partition coefficient (Wildman–Crippen LogP) is 3.66. The molecule has 1 aliphatic carbocycles. The lowest BCUT2D eigenvalue weighted by Gasteiger charge is -2.09. The predicted molar refractivity (Wildman–Crippen MR) is 82.3 cm³/mol. The molecule has 0 atom stereocenters. The summed E-state index contributed by atoms with van der Waals surface area (Å²) >= 11 is 5.83. The van der Waals surface area contributed by atoms with Crippen LogP contribution in [0.15, 0.2) is 36.4 Å². The Morgan fingerprint density at radius 3 is 2.70 bits per heavy atom. The largest absolute Gasteiger partial charge is 0.398 e. The van der Waals surface area contributed by atoms with Gasteiger partial charge in [-0.2, -0.15) is 0 Å². The summed E-state index contributed by atoms with van der Waals surface area (Å²) in [7, 11) is 0. The van der Waals surface area contributed by atoms with Crippen molar-refractivity contribution in [2.75, 3.05) is 11.1 Å². The SMILES string of the molecule is Nc1cc(Cl)ccc1C(=O)Nc1ccc2c(c1)CCC2. The molecular formula is C16H15ClN2O. The number of nitrogens with one attached hydrogen (secondary N) is 1. The lowest BCUT2D eigenvalue weighted by molar-refractivity contribution is 0.102. The van der Waals surface area contributed by atoms with E-state index in [1.807, 2.05) is 12.1 Å². The second kappa shape index (κ2) is 5.17. The third kappa shape index (κ3) is 2.49. The fourth-order valence-corrected chi connectivity index (χ4v) is 2.77. The first kappa shape index (κ1) is 13.0. The Labute approximate surface area is 122 Å². The van der Waals surface area contributed by atoms with Crippen LogP contribution in [0.25, 0.3) is 0 Å². The lowest BCUT2D eigenvalue weighted by Crippen LogP contribution is -2.14. The van der Waals surface area contributed by atoms with Crippen molar-refractivity contribution in [1.82, 2.24) is 0 Å². The average Bonchev–Trinajstić information content (AvgIpc) is 2.85. The van der Waals surface area contributed by atoms with Crippen LogP contribution in [0.3, 0.4) is 0 Å². The second-order valence-electron chi connectivity index (χ2n) is 5.02. The van der Waals surface area contributed by atoms with Crippen molar-refractivity contribution >= 4 is 28.9 Å². The third-order valence-corrected chi connectivity index (χ3v) is 3.85. The zero-order valence-corrected chi connectivity index (χ0v) is 11.7. The minimum Gasteiger partial charge on any atom is -0.398 e. The number of benzene rings is 2. The van der Waals surface area contributed by atoms with Gasteiger partial charge in [0.25, 0.3) is 5.91 Å². The molecule has 2 aromatic rings. The van der Waals surface area contributed by atoms with E-state index in [4.69, 9.17) is 17.3 Å². The highest BCUT2D eigenvalue weighted by Gasteiger charge is 2.13. The number of anilines is 2. The molecule has 102 valence electrons. The first-order valence-corrected chi connectivity index (χ1v) is 6.99. The van der Waals surface area contributed by atoms with Crippen molar-refractivity contribution in [2.45, 2.75) is 19.3 Å². The molecule has 3 N–H and O–H groups in total. The molecule has 2 aromatic carbocycles. The molecule has 3 rings (SSSR count). The van der Waals surface area contributed by atoms with E-state index in [0.717, 1.165) is 18.5 Å². The van der Waals surface area contributed by atoms with Gasteiger partial charge in [-0.3, -0.25) is 4.79 Å². The summed E-state index contributed by atoms with van der Waals surface area (Å²) in [6.07, 6.45) is 3.41. The summed E-state index contributed by atoms with van der Waals surface area (Å²) in [6.45, 7) is 0. The number of carbonyl (C=O) groups excluding carboxylic acids is 1. The molecule has 1 amide bonds. The average molecular weight is 287 g/mol. The minimum absolute atomic E-state index is 0.211. The molecule has 0 bridgehead atoms. The molecule has 0 saturated carbocycles. The number of halogens is 1. The van der Waals surface area contributed by atoms with Crippen LogP contribution in [-0.4, -0.2) is 5.91 Å². The molecule has 0 unspecified atom stereocenters. The number of aryl methyl sites for hydroxylation is 2. The van der Waals surface area contributed by atoms with Gasteiger partial charge in [0, 0.05) is 16.4 Å². The first-order chi connectivity index (χ1) is 9.63. The monoisotopic (exact) mass is 286 g/mol. The summed E-state index contributed by atoms with van der Waals surface area (Å²) in [6, 6.07) is 11.0. The molecule has 0 spiro atoms. The van der Waals surface area contributed by atoms with Gasteiger partial charge in [0.15, 0.2) is 0 Å². The van der Waals surface area contributed by atoms with Crippen molar-refractivity contribution in [3.8, 4) is 0 Å². The molecule has 0 saturated heterocycles. The minimum atomic E-state index is -0.211. The van der Waals surface area contributed by atoms with Gasteiger partial charge in [-0.15, -0.1) is 0 Å². The van der Waals surface area contributed by atoms with Gasteiger partial charge >= 0.3 is 0 Å². The summed E-state index contributed by atoms with van der Waals surface area (Å²) in [4.78, 5) is 12.2. The number of nitrogens with two attached hydrogens (primary N) is 1. The van der Waals surface area contributed by atoms with E-state index in [0.29, 0.717) is 16.3 Å². The molecule has 0 radical (unpaired) electrons. The maximum atomic E-state index is 12.2. The quantitative estimate of drug-likeness (QED) is 0.828. The van der Waals surface area contributed by atoms with Gasteiger partial charge in [0.2, 0.25) is 0 Å². The van der Waals surface area contributed by atoms with E-state index >= 15 is 0 Å². The number of hydrogen-bond donors (Lipinski definition) is 2. The van der Waals surface area contributed by atoms with Gasteiger partial charge in [-0.25, -0.2) is 0 Å². The standard InChI is InChI=1S/C16H15ClN2O/c17-12-5-7-14(15(18)9-12)16(20)19-13-6-4-10-2-1-3-11(10)8-13/h4-9H,1-3,18H2,(H,19,20). The van der Waals surface area contributed by atoms with E-state index < -0.39 is 0 Å². The Hall–Kier alpha value is -2.00. The van der Waals surface area contributed by atoms with Crippen molar-refractivity contribution in [2.24, 2.45) is 0 Å². The number of nitrogen functional groups attached to an aromatic ring is 1. The van der Waals surface area contributed by atoms with E-state index in [-0.39, 0.29) is 5.91 Å². The number of fused-ring (bicyclic) bond motifs is 1. The van der Waals surface area contributed by atoms with Gasteiger partial charge in [0.1, 0.15) is 0 Å². The van der Waals surface area contributed by atoms with Crippen molar-refractivity contribution in [3.05, 3.63) is 58.1 Å². The maximum absolute atomic E-state index is 12.2. The molecule has 0 aromatic heterocycles. The van der Waals surface area contributed by atoms with Crippen LogP contribution in [0.4, 0.5) is 11.4 Å². The Morgan fingerprint density at radius 2 is 1.90 bits per heavy atom. The molecule has 20 heavy (non-hydrogen) atoms. The first-order valence-electron chi connectivity index (χ1n) is 6.61. The van der Waals surface area contributed by atoms with Gasteiger partial charge in [0.05, 0.1) is 5.56 Å². The van der Waals surface area contributed by atoms with E-state index in [1.165, 1.54) is 17.5 Å². The van der Waals surface area contributed by atoms with Crippen LogP contribution in [0.1, 0.15) is 27.9 Å². The highest BCUT2D eigenvalue weighted by atomic mass is 35.5. The van der Waals surface area contributed by atoms with E-state index in [9.17, 15) is 4.79 Å². The summed E-state index contributed by atoms with van der Waals surface area (Å²) in [5, 5.41) is 3.41. The second-order valence-corrected chi connectivity index (χ2v) is 5.46. The Bertz CT molecular complexity index is 682. The van der Waals surface area contributed by atoms with E-state index in [2.05, 4.69) is 11.4 Å². The van der Waals surface area contributed by atoms with Crippen molar-refractivity contribution < 1.29 is 4.79 Å². The summed E-state index contributed by atoms with van der Waals surface area (Å²) in [5.74, 6) is -0.211. The number of carbonyl (C=O) groups is 1. The molecule has 3 nitrogen and oxygen atoms in total. The molecule has 0 aliphatic heterocycles. The van der Waals surface area contributed by atoms with Crippen LogP contribution in [0, 0.1) is 0 Å². The zero-order chi connectivity index (χ0) is 14.1. The zero-order valence-electron chi connectivity index (χ0n) is 10.9. The summed E-state index contributed by atoms with van der Waals surface area (Å²) in [5.41, 5.74) is 10.2. The number of rotatable bonds is 2. The number of hydrogen-bond acceptors (Lipinski definition) is 2. The fourth-order valence-electron chi connectivity index (χ4n) is 2.59. The van der Waals surface area contributed by atoms with E-state index in [1.54, 1.807) is 18.2 Å². The Balaban J connectivity index is 1.82. The lowest BCUT2D eigenvalue weighted by atomic mass is 10.1. The van der Waals surface area contributed by atoms with Crippen LogP contribution in [0.5, 0.6) is 0 Å². The third-order valence-electron chi connectivity index (χ3n) is 3.61. The number of amides is 1. The molecule has 1 aliphatic rings. The van der Waals surface area contributed by atoms with Crippen LogP contribution < -0.4 is 11.1 Å². The normalized spacial score (nSPS) is 13.1. The van der Waals surface area contributed by atoms with Crippen molar-refractivity contribution in [3.63, 3.8) is 0 Å². The molecular weight excluding hydrogens is 272 g/mol. The Morgan fingerprint density at radius 1 is 1.10 bits per heavy atom. The van der Waals surface area contributed by atoms with Crippen LogP contribution in [-0.2, 0) is 12.8 Å². The highest BCUT2D eigenvalue weighted by molar-refractivity contribution is 6.31. The smallest absolute Gasteiger partial charge is 0.257 e. The van der Waals surface area contributed by atoms with Crippen LogP contribution >= 0.6 is 11.6 Å². The van der Waals surface area contributed by atoms with Gasteiger partial charge in [-0.1, -0.05) is 17.7 Å². The van der Waals surface area contributed by atoms with Crippen molar-refractivity contribution in [1.29, 1.82) is 0 Å².